The number of hydrogen-bond acceptors (Lipinski definition) is 6. The van der Waals surface area contributed by atoms with Gasteiger partial charge in [0.1, 0.15) is 0 Å². The van der Waals surface area contributed by atoms with Crippen molar-refractivity contribution in [1.29, 1.82) is 0 Å². The van der Waals surface area contributed by atoms with E-state index < -0.39 is 0 Å². The number of anilines is 4. The van der Waals surface area contributed by atoms with Crippen molar-refractivity contribution in [3.8, 4) is 0 Å². The van der Waals surface area contributed by atoms with Gasteiger partial charge in [0.05, 0.1) is 0 Å². The summed E-state index contributed by atoms with van der Waals surface area (Å²) < 4.78 is 0. The third-order valence-corrected chi connectivity index (χ3v) is 3.08. The van der Waals surface area contributed by atoms with Crippen LogP contribution in [-0.2, 0) is 0 Å². The highest BCUT2D eigenvalue weighted by molar-refractivity contribution is 5.56. The summed E-state index contributed by atoms with van der Waals surface area (Å²) >= 11 is 0. The summed E-state index contributed by atoms with van der Waals surface area (Å²) in [5.41, 5.74) is 2.26. The van der Waals surface area contributed by atoms with Crippen molar-refractivity contribution in [2.45, 2.75) is 19.8 Å². The molecule has 0 aliphatic carbocycles. The van der Waals surface area contributed by atoms with Crippen molar-refractivity contribution >= 4 is 23.5 Å². The van der Waals surface area contributed by atoms with Gasteiger partial charge in [-0.05, 0) is 23.6 Å². The molecule has 0 fully saturated rings. The van der Waals surface area contributed by atoms with E-state index in [0.717, 1.165) is 5.69 Å². The fraction of sp³-hybridized carbons (Fsp3) is 0.400. The standard InChI is InChI=1S/C15H22N6/c1-10(2)11-6-8-12(9-7-11)17-14-18-13(16-3)19-15(20-14)21(4)5/h6-10H,1-5H3,(H2,16,17,18,19,20). The van der Waals surface area contributed by atoms with Gasteiger partial charge in [-0.2, -0.15) is 15.0 Å². The molecule has 2 N–H and O–H groups in total. The zero-order chi connectivity index (χ0) is 15.4. The molecule has 112 valence electrons. The second kappa shape index (κ2) is 6.39. The number of aromatic nitrogens is 3. The lowest BCUT2D eigenvalue weighted by Crippen LogP contribution is -2.15. The second-order valence-corrected chi connectivity index (χ2v) is 5.33. The summed E-state index contributed by atoms with van der Waals surface area (Å²) in [5, 5.41) is 6.15. The fourth-order valence-electron chi connectivity index (χ4n) is 1.81. The maximum absolute atomic E-state index is 4.39. The van der Waals surface area contributed by atoms with E-state index in [0.29, 0.717) is 23.8 Å². The van der Waals surface area contributed by atoms with Crippen molar-refractivity contribution in [2.24, 2.45) is 0 Å². The van der Waals surface area contributed by atoms with Crippen molar-refractivity contribution in [3.63, 3.8) is 0 Å². The van der Waals surface area contributed by atoms with E-state index >= 15 is 0 Å². The monoisotopic (exact) mass is 286 g/mol. The summed E-state index contributed by atoms with van der Waals surface area (Å²) in [5.74, 6) is 2.19. The largest absolute Gasteiger partial charge is 0.357 e. The van der Waals surface area contributed by atoms with Gasteiger partial charge in [-0.25, -0.2) is 0 Å². The highest BCUT2D eigenvalue weighted by Gasteiger charge is 2.07. The fourth-order valence-corrected chi connectivity index (χ4v) is 1.81. The van der Waals surface area contributed by atoms with Crippen LogP contribution in [0, 0.1) is 0 Å². The zero-order valence-electron chi connectivity index (χ0n) is 13.2. The van der Waals surface area contributed by atoms with E-state index in [1.807, 2.05) is 31.1 Å². The topological polar surface area (TPSA) is 66.0 Å². The molecule has 1 heterocycles. The van der Waals surface area contributed by atoms with Crippen molar-refractivity contribution in [1.82, 2.24) is 15.0 Å². The normalized spacial score (nSPS) is 10.6. The van der Waals surface area contributed by atoms with E-state index in [1.54, 1.807) is 7.05 Å². The number of rotatable bonds is 5. The van der Waals surface area contributed by atoms with Crippen LogP contribution in [0.15, 0.2) is 24.3 Å². The quantitative estimate of drug-likeness (QED) is 0.881. The number of benzene rings is 1. The zero-order valence-corrected chi connectivity index (χ0v) is 13.2. The Kier molecular flexibility index (Phi) is 4.57. The Hall–Kier alpha value is -2.37. The summed E-state index contributed by atoms with van der Waals surface area (Å²) in [4.78, 5) is 14.8. The van der Waals surface area contributed by atoms with Crippen LogP contribution >= 0.6 is 0 Å². The van der Waals surface area contributed by atoms with Gasteiger partial charge in [0, 0.05) is 26.8 Å². The maximum atomic E-state index is 4.39. The Bertz CT molecular complexity index is 592. The third kappa shape index (κ3) is 3.81. The molecule has 2 rings (SSSR count). The first-order chi connectivity index (χ1) is 9.99. The number of nitrogens with one attached hydrogen (secondary N) is 2. The molecule has 1 aromatic carbocycles. The van der Waals surface area contributed by atoms with E-state index in [2.05, 4.69) is 51.6 Å². The number of hydrogen-bond donors (Lipinski definition) is 2. The molecule has 6 nitrogen and oxygen atoms in total. The van der Waals surface area contributed by atoms with Crippen LogP contribution in [0.4, 0.5) is 23.5 Å². The summed E-state index contributed by atoms with van der Waals surface area (Å²) in [6.07, 6.45) is 0. The molecule has 0 bridgehead atoms. The van der Waals surface area contributed by atoms with Crippen molar-refractivity contribution < 1.29 is 0 Å². The SMILES string of the molecule is CNc1nc(Nc2ccc(C(C)C)cc2)nc(N(C)C)n1. The molecule has 0 radical (unpaired) electrons. The first-order valence-electron chi connectivity index (χ1n) is 6.97. The van der Waals surface area contributed by atoms with Gasteiger partial charge in [0.15, 0.2) is 0 Å². The Morgan fingerprint density at radius 2 is 1.57 bits per heavy atom. The molecule has 0 saturated heterocycles. The van der Waals surface area contributed by atoms with Crippen LogP contribution in [0.5, 0.6) is 0 Å². The van der Waals surface area contributed by atoms with E-state index in [-0.39, 0.29) is 0 Å². The molecule has 21 heavy (non-hydrogen) atoms. The third-order valence-electron chi connectivity index (χ3n) is 3.08. The maximum Gasteiger partial charge on any atom is 0.233 e. The van der Waals surface area contributed by atoms with Crippen LogP contribution in [0.2, 0.25) is 0 Å². The van der Waals surface area contributed by atoms with Crippen LogP contribution < -0.4 is 15.5 Å². The minimum atomic E-state index is 0.521. The molecule has 1 aromatic heterocycles. The van der Waals surface area contributed by atoms with E-state index in [9.17, 15) is 0 Å². The molecule has 0 spiro atoms. The first-order valence-corrected chi connectivity index (χ1v) is 6.97. The Labute approximate surface area is 125 Å². The average molecular weight is 286 g/mol. The van der Waals surface area contributed by atoms with Crippen molar-refractivity contribution in [2.75, 3.05) is 36.7 Å². The van der Waals surface area contributed by atoms with Crippen LogP contribution in [0.1, 0.15) is 25.3 Å². The molecule has 0 unspecified atom stereocenters. The predicted molar refractivity (Wildman–Crippen MR) is 87.5 cm³/mol. The van der Waals surface area contributed by atoms with Gasteiger partial charge in [0.25, 0.3) is 0 Å². The first kappa shape index (κ1) is 15.0. The second-order valence-electron chi connectivity index (χ2n) is 5.33. The summed E-state index contributed by atoms with van der Waals surface area (Å²) in [7, 11) is 5.59. The Morgan fingerprint density at radius 3 is 2.10 bits per heavy atom. The Morgan fingerprint density at radius 1 is 0.952 bits per heavy atom. The van der Waals surface area contributed by atoms with Gasteiger partial charge < -0.3 is 15.5 Å². The molecule has 0 atom stereocenters. The lowest BCUT2D eigenvalue weighted by atomic mass is 10.0. The highest BCUT2D eigenvalue weighted by Crippen LogP contribution is 2.20. The molecule has 0 amide bonds. The Balaban J connectivity index is 2.24. The lowest BCUT2D eigenvalue weighted by molar-refractivity contribution is 0.867. The molecule has 2 aromatic rings. The van der Waals surface area contributed by atoms with Gasteiger partial charge >= 0.3 is 0 Å². The average Bonchev–Trinajstić information content (AvgIpc) is 2.47. The van der Waals surface area contributed by atoms with Gasteiger partial charge in [-0.3, -0.25) is 0 Å². The van der Waals surface area contributed by atoms with E-state index in [4.69, 9.17) is 0 Å². The van der Waals surface area contributed by atoms with Crippen molar-refractivity contribution in [3.05, 3.63) is 29.8 Å². The molecule has 0 saturated carbocycles. The number of nitrogens with zero attached hydrogens (tertiary/aromatic N) is 4. The minimum Gasteiger partial charge on any atom is -0.357 e. The molecule has 0 aliphatic rings. The smallest absolute Gasteiger partial charge is 0.233 e. The van der Waals surface area contributed by atoms with Gasteiger partial charge in [0.2, 0.25) is 17.8 Å². The van der Waals surface area contributed by atoms with Crippen LogP contribution in [-0.4, -0.2) is 36.1 Å². The molecular weight excluding hydrogens is 264 g/mol. The van der Waals surface area contributed by atoms with Gasteiger partial charge in [-0.1, -0.05) is 26.0 Å². The minimum absolute atomic E-state index is 0.521. The summed E-state index contributed by atoms with van der Waals surface area (Å²) in [6.45, 7) is 4.36. The predicted octanol–water partition coefficient (Wildman–Crippen LogP) is 2.85. The van der Waals surface area contributed by atoms with Crippen LogP contribution in [0.25, 0.3) is 0 Å². The molecule has 6 heteroatoms. The van der Waals surface area contributed by atoms with Crippen LogP contribution in [0.3, 0.4) is 0 Å². The summed E-state index contributed by atoms with van der Waals surface area (Å²) in [6, 6.07) is 8.29. The highest BCUT2D eigenvalue weighted by atomic mass is 15.3. The lowest BCUT2D eigenvalue weighted by Gasteiger charge is -2.13. The van der Waals surface area contributed by atoms with Gasteiger partial charge in [-0.15, -0.1) is 0 Å². The molecule has 0 aliphatic heterocycles. The molecular formula is C15H22N6. The van der Waals surface area contributed by atoms with E-state index in [1.165, 1.54) is 5.56 Å².